The van der Waals surface area contributed by atoms with Gasteiger partial charge in [-0.05, 0) is 43.3 Å². The number of ether oxygens (including phenoxy) is 3. The third-order valence-corrected chi connectivity index (χ3v) is 3.95. The molecule has 0 spiro atoms. The van der Waals surface area contributed by atoms with Gasteiger partial charge in [-0.3, -0.25) is 4.79 Å². The zero-order valence-electron chi connectivity index (χ0n) is 15.8. The monoisotopic (exact) mass is 369 g/mol. The third kappa shape index (κ3) is 5.34. The summed E-state index contributed by atoms with van der Waals surface area (Å²) in [7, 11) is 4.73. The molecule has 1 atom stereocenters. The number of hydrogen-bond donors (Lipinski definition) is 0. The lowest BCUT2D eigenvalue weighted by Gasteiger charge is -2.21. The summed E-state index contributed by atoms with van der Waals surface area (Å²) in [6.45, 7) is 1.54. The summed E-state index contributed by atoms with van der Waals surface area (Å²) in [4.78, 5) is 26.0. The van der Waals surface area contributed by atoms with Crippen molar-refractivity contribution < 1.29 is 23.8 Å². The molecular weight excluding hydrogens is 346 g/mol. The maximum absolute atomic E-state index is 12.4. The van der Waals surface area contributed by atoms with Crippen LogP contribution in [0, 0.1) is 0 Å². The van der Waals surface area contributed by atoms with Crippen molar-refractivity contribution in [2.45, 2.75) is 13.0 Å². The SMILES string of the molecule is COc1ccc(OC)c(/C=C/C(=O)O[C@@H](C)C(=O)N(C)c2ccccc2)c1. The Kier molecular flexibility index (Phi) is 7.00. The van der Waals surface area contributed by atoms with Crippen LogP contribution in [0.4, 0.5) is 5.69 Å². The molecule has 0 radical (unpaired) electrons. The van der Waals surface area contributed by atoms with E-state index >= 15 is 0 Å². The number of rotatable bonds is 7. The quantitative estimate of drug-likeness (QED) is 0.553. The van der Waals surface area contributed by atoms with Crippen molar-refractivity contribution in [2.24, 2.45) is 0 Å². The Morgan fingerprint density at radius 1 is 1.04 bits per heavy atom. The molecule has 0 heterocycles. The molecule has 0 bridgehead atoms. The van der Waals surface area contributed by atoms with E-state index in [1.165, 1.54) is 18.1 Å². The van der Waals surface area contributed by atoms with E-state index in [4.69, 9.17) is 14.2 Å². The van der Waals surface area contributed by atoms with Crippen molar-refractivity contribution in [1.29, 1.82) is 0 Å². The van der Waals surface area contributed by atoms with Crippen LogP contribution in [0.5, 0.6) is 11.5 Å². The summed E-state index contributed by atoms with van der Waals surface area (Å²) >= 11 is 0. The predicted molar refractivity (Wildman–Crippen MR) is 104 cm³/mol. The molecule has 0 N–H and O–H groups in total. The van der Waals surface area contributed by atoms with E-state index in [-0.39, 0.29) is 5.91 Å². The van der Waals surface area contributed by atoms with Crippen molar-refractivity contribution in [3.05, 3.63) is 60.2 Å². The minimum absolute atomic E-state index is 0.318. The Hall–Kier alpha value is -3.28. The Morgan fingerprint density at radius 3 is 2.37 bits per heavy atom. The molecule has 0 aliphatic rings. The van der Waals surface area contributed by atoms with Gasteiger partial charge >= 0.3 is 5.97 Å². The molecule has 2 rings (SSSR count). The van der Waals surface area contributed by atoms with E-state index in [1.807, 2.05) is 18.2 Å². The first-order chi connectivity index (χ1) is 13.0. The summed E-state index contributed by atoms with van der Waals surface area (Å²) < 4.78 is 15.6. The van der Waals surface area contributed by atoms with Crippen LogP contribution in [0.2, 0.25) is 0 Å². The molecule has 142 valence electrons. The average Bonchev–Trinajstić information content (AvgIpc) is 2.71. The highest BCUT2D eigenvalue weighted by atomic mass is 16.5. The van der Waals surface area contributed by atoms with Crippen molar-refractivity contribution in [2.75, 3.05) is 26.2 Å². The van der Waals surface area contributed by atoms with Crippen LogP contribution in [0.3, 0.4) is 0 Å². The number of likely N-dealkylation sites (N-methyl/N-ethyl adjacent to an activating group) is 1. The largest absolute Gasteiger partial charge is 0.497 e. The van der Waals surface area contributed by atoms with Gasteiger partial charge in [-0.15, -0.1) is 0 Å². The topological polar surface area (TPSA) is 65.1 Å². The fourth-order valence-corrected chi connectivity index (χ4v) is 2.44. The molecule has 0 aliphatic carbocycles. The van der Waals surface area contributed by atoms with Crippen molar-refractivity contribution in [3.63, 3.8) is 0 Å². The number of nitrogens with zero attached hydrogens (tertiary/aromatic N) is 1. The summed E-state index contributed by atoms with van der Waals surface area (Å²) in [6, 6.07) is 14.4. The van der Waals surface area contributed by atoms with Crippen molar-refractivity contribution in [1.82, 2.24) is 0 Å². The average molecular weight is 369 g/mol. The van der Waals surface area contributed by atoms with Gasteiger partial charge in [0.2, 0.25) is 0 Å². The van der Waals surface area contributed by atoms with Gasteiger partial charge in [-0.2, -0.15) is 0 Å². The predicted octanol–water partition coefficient (Wildman–Crippen LogP) is 3.31. The Balaban J connectivity index is 2.02. The molecule has 0 unspecified atom stereocenters. The molecule has 27 heavy (non-hydrogen) atoms. The van der Waals surface area contributed by atoms with Gasteiger partial charge in [0.25, 0.3) is 5.91 Å². The summed E-state index contributed by atoms with van der Waals surface area (Å²) in [5.74, 6) is 0.286. The fraction of sp³-hybridized carbons (Fsp3) is 0.238. The maximum atomic E-state index is 12.4. The highest BCUT2D eigenvalue weighted by Gasteiger charge is 2.21. The summed E-state index contributed by atoms with van der Waals surface area (Å²) in [5.41, 5.74) is 1.39. The number of benzene rings is 2. The molecule has 2 aromatic rings. The lowest BCUT2D eigenvalue weighted by atomic mass is 10.1. The van der Waals surface area contributed by atoms with E-state index in [2.05, 4.69) is 0 Å². The van der Waals surface area contributed by atoms with E-state index in [0.717, 1.165) is 5.69 Å². The number of methoxy groups -OCH3 is 2. The van der Waals surface area contributed by atoms with Crippen LogP contribution >= 0.6 is 0 Å². The molecule has 0 fully saturated rings. The first-order valence-electron chi connectivity index (χ1n) is 8.39. The number of carbonyl (C=O) groups excluding carboxylic acids is 2. The molecular formula is C21H23NO5. The van der Waals surface area contributed by atoms with Gasteiger partial charge in [-0.25, -0.2) is 4.79 Å². The van der Waals surface area contributed by atoms with Gasteiger partial charge in [0.15, 0.2) is 6.10 Å². The first-order valence-corrected chi connectivity index (χ1v) is 8.39. The maximum Gasteiger partial charge on any atom is 0.331 e. The van der Waals surface area contributed by atoms with Crippen LogP contribution in [0.25, 0.3) is 6.08 Å². The zero-order valence-corrected chi connectivity index (χ0v) is 15.8. The van der Waals surface area contributed by atoms with Crippen LogP contribution in [-0.4, -0.2) is 39.2 Å². The molecule has 6 nitrogen and oxygen atoms in total. The molecule has 1 amide bonds. The second-order valence-electron chi connectivity index (χ2n) is 5.75. The second-order valence-corrected chi connectivity index (χ2v) is 5.75. The Bertz CT molecular complexity index is 817. The van der Waals surface area contributed by atoms with E-state index in [0.29, 0.717) is 17.1 Å². The second kappa shape index (κ2) is 9.43. The number of hydrogen-bond acceptors (Lipinski definition) is 5. The van der Waals surface area contributed by atoms with Gasteiger partial charge in [-0.1, -0.05) is 18.2 Å². The zero-order chi connectivity index (χ0) is 19.8. The molecule has 2 aromatic carbocycles. The van der Waals surface area contributed by atoms with E-state index in [9.17, 15) is 9.59 Å². The summed E-state index contributed by atoms with van der Waals surface area (Å²) in [6.07, 6.45) is 1.89. The molecule has 0 aromatic heterocycles. The standard InChI is InChI=1S/C21H23NO5/c1-15(21(24)22(2)17-8-6-5-7-9-17)27-20(23)13-10-16-14-18(25-3)11-12-19(16)26-4/h5-15H,1-4H3/b13-10+/t15-/m0/s1. The van der Waals surface area contributed by atoms with Gasteiger partial charge < -0.3 is 19.1 Å². The highest BCUT2D eigenvalue weighted by Crippen LogP contribution is 2.25. The van der Waals surface area contributed by atoms with Crippen LogP contribution in [-0.2, 0) is 14.3 Å². The normalized spacial score (nSPS) is 11.7. The van der Waals surface area contributed by atoms with Crippen LogP contribution in [0.15, 0.2) is 54.6 Å². The van der Waals surface area contributed by atoms with E-state index in [1.54, 1.807) is 57.5 Å². The minimum atomic E-state index is -0.917. The number of esters is 1. The lowest BCUT2D eigenvalue weighted by molar-refractivity contribution is -0.148. The molecule has 0 saturated heterocycles. The van der Waals surface area contributed by atoms with Gasteiger partial charge in [0.1, 0.15) is 11.5 Å². The number of anilines is 1. The van der Waals surface area contributed by atoms with Crippen molar-refractivity contribution in [3.8, 4) is 11.5 Å². The first kappa shape index (κ1) is 20.0. The Morgan fingerprint density at radius 2 is 1.74 bits per heavy atom. The van der Waals surface area contributed by atoms with E-state index < -0.39 is 12.1 Å². The van der Waals surface area contributed by atoms with Gasteiger partial charge in [0, 0.05) is 24.4 Å². The van der Waals surface area contributed by atoms with Crippen LogP contribution < -0.4 is 14.4 Å². The van der Waals surface area contributed by atoms with Crippen LogP contribution in [0.1, 0.15) is 12.5 Å². The number of carbonyl (C=O) groups is 2. The number of amides is 1. The van der Waals surface area contributed by atoms with Gasteiger partial charge in [0.05, 0.1) is 14.2 Å². The summed E-state index contributed by atoms with van der Waals surface area (Å²) in [5, 5.41) is 0. The molecule has 0 aliphatic heterocycles. The third-order valence-electron chi connectivity index (χ3n) is 3.95. The molecule has 6 heteroatoms. The highest BCUT2D eigenvalue weighted by molar-refractivity contribution is 5.98. The smallest absolute Gasteiger partial charge is 0.331 e. The lowest BCUT2D eigenvalue weighted by Crippen LogP contribution is -2.37. The molecule has 0 saturated carbocycles. The minimum Gasteiger partial charge on any atom is -0.497 e. The number of para-hydroxylation sites is 1. The fourth-order valence-electron chi connectivity index (χ4n) is 2.44. The van der Waals surface area contributed by atoms with Crippen molar-refractivity contribution >= 4 is 23.6 Å². The Labute approximate surface area is 159 Å².